The summed E-state index contributed by atoms with van der Waals surface area (Å²) >= 11 is 1.27. The molecule has 0 bridgehead atoms. The van der Waals surface area contributed by atoms with Crippen molar-refractivity contribution < 1.29 is 23.0 Å². The van der Waals surface area contributed by atoms with Crippen LogP contribution in [0.25, 0.3) is 0 Å². The lowest BCUT2D eigenvalue weighted by Gasteiger charge is -2.16. The Labute approximate surface area is 184 Å². The predicted molar refractivity (Wildman–Crippen MR) is 121 cm³/mol. The van der Waals surface area contributed by atoms with Crippen LogP contribution >= 0.6 is 11.8 Å². The second kappa shape index (κ2) is 10.7. The quantitative estimate of drug-likeness (QED) is 0.263. The van der Waals surface area contributed by atoms with Crippen LogP contribution in [0.5, 0.6) is 5.75 Å². The highest BCUT2D eigenvalue weighted by atomic mass is 32.2. The van der Waals surface area contributed by atoms with Crippen LogP contribution in [0.1, 0.15) is 23.3 Å². The van der Waals surface area contributed by atoms with Crippen LogP contribution in [-0.2, 0) is 10.5 Å². The van der Waals surface area contributed by atoms with Gasteiger partial charge in [-0.15, -0.1) is 11.8 Å². The van der Waals surface area contributed by atoms with Gasteiger partial charge in [0.1, 0.15) is 11.6 Å². The van der Waals surface area contributed by atoms with Crippen LogP contribution in [0.15, 0.2) is 59.5 Å². The fourth-order valence-electron chi connectivity index (χ4n) is 2.73. The van der Waals surface area contributed by atoms with E-state index in [4.69, 9.17) is 15.2 Å². The van der Waals surface area contributed by atoms with Gasteiger partial charge in [-0.3, -0.25) is 0 Å². The Morgan fingerprint density at radius 2 is 1.77 bits per heavy atom. The number of nitrogens with two attached hydrogens (primary N) is 1. The molecule has 3 aromatic carbocycles. The highest BCUT2D eigenvalue weighted by Crippen LogP contribution is 2.38. The number of thioether (sulfide) groups is 1. The van der Waals surface area contributed by atoms with Gasteiger partial charge in [-0.05, 0) is 35.9 Å². The molecule has 0 unspecified atom stereocenters. The zero-order valence-corrected chi connectivity index (χ0v) is 17.2. The van der Waals surface area contributed by atoms with Gasteiger partial charge in [0.05, 0.1) is 36.8 Å². The predicted octanol–water partition coefficient (Wildman–Crippen LogP) is 6.01. The minimum Gasteiger partial charge on any atom is -0.497 e. The summed E-state index contributed by atoms with van der Waals surface area (Å²) in [6.07, 6.45) is 0. The maximum atomic E-state index is 15.1. The van der Waals surface area contributed by atoms with E-state index in [0.29, 0.717) is 10.6 Å². The van der Waals surface area contributed by atoms with Crippen LogP contribution in [0.3, 0.4) is 0 Å². The number of rotatable bonds is 7. The van der Waals surface area contributed by atoms with Crippen molar-refractivity contribution >= 4 is 34.8 Å². The third-order valence-corrected chi connectivity index (χ3v) is 5.48. The molecular formula is C23H24F2N2O3S. The largest absolute Gasteiger partial charge is 0.497 e. The number of carbonyl (C=O) groups is 1. The van der Waals surface area contributed by atoms with E-state index in [2.05, 4.69) is 5.32 Å². The van der Waals surface area contributed by atoms with Gasteiger partial charge in [0.25, 0.3) is 0 Å². The second-order valence-electron chi connectivity index (χ2n) is 6.26. The van der Waals surface area contributed by atoms with Gasteiger partial charge in [0, 0.05) is 10.6 Å². The van der Waals surface area contributed by atoms with Crippen molar-refractivity contribution in [1.29, 1.82) is 0 Å². The molecule has 3 N–H and O–H groups in total. The van der Waals surface area contributed by atoms with Crippen molar-refractivity contribution in [3.8, 4) is 5.75 Å². The van der Waals surface area contributed by atoms with E-state index < -0.39 is 17.6 Å². The van der Waals surface area contributed by atoms with Crippen LogP contribution < -0.4 is 15.8 Å². The molecule has 0 aliphatic heterocycles. The summed E-state index contributed by atoms with van der Waals surface area (Å²) < 4.78 is 39.0. The van der Waals surface area contributed by atoms with Crippen molar-refractivity contribution in [3.63, 3.8) is 0 Å². The minimum atomic E-state index is -0.849. The van der Waals surface area contributed by atoms with Crippen LogP contribution in [-0.4, -0.2) is 20.2 Å². The van der Waals surface area contributed by atoms with Gasteiger partial charge >= 0.3 is 5.97 Å². The maximum absolute atomic E-state index is 15.1. The highest BCUT2D eigenvalue weighted by molar-refractivity contribution is 7.98. The Morgan fingerprint density at radius 3 is 2.39 bits per heavy atom. The Morgan fingerprint density at radius 1 is 1.10 bits per heavy atom. The van der Waals surface area contributed by atoms with E-state index in [1.54, 1.807) is 13.2 Å². The molecule has 0 radical (unpaired) electrons. The molecule has 3 rings (SSSR count). The van der Waals surface area contributed by atoms with E-state index in [0.717, 1.165) is 11.3 Å². The number of nitrogens with one attached hydrogen (secondary N) is 1. The Balaban J connectivity index is 0.00000341. The third kappa shape index (κ3) is 5.46. The molecule has 8 heteroatoms. The number of benzene rings is 3. The number of carbonyl (C=O) groups excluding carboxylic acids is 1. The summed E-state index contributed by atoms with van der Waals surface area (Å²) in [7, 11) is 2.77. The molecule has 0 saturated heterocycles. The standard InChI is InChI=1S/C22H20F2N2O3S.CH4/c1-28-14-9-7-13(8-10-14)12-30-18-11-15(22(27)29-2)21(19(24)20(18)25)26-17-6-4-3-5-16(17)23;/h3-11,26H,12,25H2,1-2H3;1H4. The highest BCUT2D eigenvalue weighted by Gasteiger charge is 2.23. The first kappa shape index (κ1) is 24.0. The average Bonchev–Trinajstić information content (AvgIpc) is 2.77. The van der Waals surface area contributed by atoms with E-state index in [-0.39, 0.29) is 30.1 Å². The molecule has 0 saturated carbocycles. The summed E-state index contributed by atoms with van der Waals surface area (Å²) in [5.74, 6) is -0.985. The van der Waals surface area contributed by atoms with Crippen LogP contribution in [0.4, 0.5) is 25.8 Å². The van der Waals surface area contributed by atoms with Gasteiger partial charge < -0.3 is 20.5 Å². The van der Waals surface area contributed by atoms with Gasteiger partial charge in [0.2, 0.25) is 0 Å². The molecule has 0 heterocycles. The molecule has 0 atom stereocenters. The summed E-state index contributed by atoms with van der Waals surface area (Å²) in [5, 5.41) is 2.62. The zero-order valence-electron chi connectivity index (χ0n) is 16.4. The van der Waals surface area contributed by atoms with E-state index in [1.165, 1.54) is 43.1 Å². The molecule has 0 spiro atoms. The molecule has 0 aliphatic carbocycles. The van der Waals surface area contributed by atoms with Crippen molar-refractivity contribution in [1.82, 2.24) is 0 Å². The molecule has 0 aromatic heterocycles. The fraction of sp³-hybridized carbons (Fsp3) is 0.174. The zero-order chi connectivity index (χ0) is 21.7. The van der Waals surface area contributed by atoms with Crippen LogP contribution in [0.2, 0.25) is 0 Å². The van der Waals surface area contributed by atoms with Crippen molar-refractivity contribution in [2.75, 3.05) is 25.3 Å². The number of hydrogen-bond acceptors (Lipinski definition) is 6. The monoisotopic (exact) mass is 446 g/mol. The number of anilines is 3. The normalized spacial score (nSPS) is 10.2. The second-order valence-corrected chi connectivity index (χ2v) is 7.28. The first-order valence-corrected chi connectivity index (χ1v) is 9.90. The first-order chi connectivity index (χ1) is 14.4. The average molecular weight is 447 g/mol. The summed E-state index contributed by atoms with van der Waals surface area (Å²) in [4.78, 5) is 12.7. The third-order valence-electron chi connectivity index (χ3n) is 4.36. The maximum Gasteiger partial charge on any atom is 0.340 e. The number of hydrogen-bond donors (Lipinski definition) is 2. The minimum absolute atomic E-state index is 0. The summed E-state index contributed by atoms with van der Waals surface area (Å²) in [5.41, 5.74) is 6.52. The Hall–Kier alpha value is -3.26. The number of nitrogen functional groups attached to an aromatic ring is 1. The van der Waals surface area contributed by atoms with Gasteiger partial charge in [0.15, 0.2) is 5.82 Å². The summed E-state index contributed by atoms with van der Waals surface area (Å²) in [6, 6.07) is 14.6. The molecule has 0 aliphatic rings. The molecule has 5 nitrogen and oxygen atoms in total. The molecule has 164 valence electrons. The number of halogens is 2. The lowest BCUT2D eigenvalue weighted by Crippen LogP contribution is -2.11. The molecule has 0 fully saturated rings. The Bertz CT molecular complexity index is 1060. The number of ether oxygens (including phenoxy) is 2. The van der Waals surface area contributed by atoms with Crippen LogP contribution in [0, 0.1) is 11.6 Å². The van der Waals surface area contributed by atoms with E-state index in [9.17, 15) is 9.18 Å². The van der Waals surface area contributed by atoms with Crippen molar-refractivity contribution in [3.05, 3.63) is 77.4 Å². The van der Waals surface area contributed by atoms with E-state index in [1.807, 2.05) is 24.3 Å². The number of esters is 1. The lowest BCUT2D eigenvalue weighted by atomic mass is 10.1. The van der Waals surface area contributed by atoms with Crippen molar-refractivity contribution in [2.45, 2.75) is 18.1 Å². The molecule has 3 aromatic rings. The fourth-order valence-corrected chi connectivity index (χ4v) is 3.70. The van der Waals surface area contributed by atoms with Gasteiger partial charge in [-0.25, -0.2) is 13.6 Å². The number of methoxy groups -OCH3 is 2. The number of para-hydroxylation sites is 1. The van der Waals surface area contributed by atoms with Gasteiger partial charge in [-0.1, -0.05) is 31.7 Å². The first-order valence-electron chi connectivity index (χ1n) is 8.92. The SMILES string of the molecule is C.COC(=O)c1cc(SCc2ccc(OC)cc2)c(N)c(F)c1Nc1ccccc1F. The molecule has 0 amide bonds. The van der Waals surface area contributed by atoms with Gasteiger partial charge in [-0.2, -0.15) is 0 Å². The smallest absolute Gasteiger partial charge is 0.340 e. The van der Waals surface area contributed by atoms with E-state index >= 15 is 4.39 Å². The van der Waals surface area contributed by atoms with Crippen molar-refractivity contribution in [2.24, 2.45) is 0 Å². The Kier molecular flexibility index (Phi) is 8.27. The topological polar surface area (TPSA) is 73.6 Å². The molecular weight excluding hydrogens is 422 g/mol. The lowest BCUT2D eigenvalue weighted by molar-refractivity contribution is 0.0601. The summed E-state index contributed by atoms with van der Waals surface area (Å²) in [6.45, 7) is 0. The molecule has 31 heavy (non-hydrogen) atoms.